The highest BCUT2D eigenvalue weighted by Gasteiger charge is 2.74. The van der Waals surface area contributed by atoms with Crippen molar-refractivity contribution in [1.82, 2.24) is 0 Å². The van der Waals surface area contributed by atoms with Gasteiger partial charge in [-0.1, -0.05) is 48.5 Å². The second-order valence-electron chi connectivity index (χ2n) is 8.95. The first-order chi connectivity index (χ1) is 17.4. The number of fused-ring (bicyclic) bond motifs is 3. The molecule has 3 aromatic rings. The quantitative estimate of drug-likeness (QED) is 0.411. The minimum Gasteiger partial charge on any atom is -0.492 e. The second-order valence-corrected chi connectivity index (χ2v) is 8.95. The highest BCUT2D eigenvalue weighted by atomic mass is 19.1. The molecular weight excluding hydrogens is 465 g/mol. The molecule has 6 rings (SSSR count). The van der Waals surface area contributed by atoms with Crippen molar-refractivity contribution in [2.75, 3.05) is 11.5 Å². The molecule has 3 aliphatic rings. The van der Waals surface area contributed by atoms with Gasteiger partial charge in [0.2, 0.25) is 29.0 Å². The van der Waals surface area contributed by atoms with Gasteiger partial charge in [-0.2, -0.15) is 0 Å². The van der Waals surface area contributed by atoms with E-state index in [2.05, 4.69) is 0 Å². The van der Waals surface area contributed by atoms with Crippen molar-refractivity contribution in [3.63, 3.8) is 0 Å². The van der Waals surface area contributed by atoms with Crippen molar-refractivity contribution in [3.8, 4) is 5.75 Å². The first kappa shape index (κ1) is 22.3. The summed E-state index contributed by atoms with van der Waals surface area (Å²) < 4.78 is 25.5. The number of rotatable bonds is 4. The maximum Gasteiger partial charge on any atom is 0.241 e. The SMILES string of the molecule is CCOc1ccccc1N1C(=O)[C@@H]2[C@@H](c3ccc(F)cc3)OC3(C(=O)c4ccccc4C3=O)[C@H]2C1=O. The van der Waals surface area contributed by atoms with Crippen molar-refractivity contribution >= 4 is 29.1 Å². The van der Waals surface area contributed by atoms with Crippen LogP contribution in [0.5, 0.6) is 5.75 Å². The van der Waals surface area contributed by atoms with Crippen LogP contribution < -0.4 is 9.64 Å². The fourth-order valence-electron chi connectivity index (χ4n) is 5.63. The minimum absolute atomic E-state index is 0.148. The summed E-state index contributed by atoms with van der Waals surface area (Å²) in [5.74, 6) is -5.35. The molecule has 2 fully saturated rings. The topological polar surface area (TPSA) is 90.0 Å². The monoisotopic (exact) mass is 485 g/mol. The Labute approximate surface area is 205 Å². The number of imide groups is 1. The number of amides is 2. The molecule has 0 N–H and O–H groups in total. The summed E-state index contributed by atoms with van der Waals surface area (Å²) in [6.45, 7) is 2.08. The predicted molar refractivity (Wildman–Crippen MR) is 125 cm³/mol. The minimum atomic E-state index is -2.19. The molecule has 3 atom stereocenters. The van der Waals surface area contributed by atoms with Gasteiger partial charge in [0.15, 0.2) is 0 Å². The summed E-state index contributed by atoms with van der Waals surface area (Å²) in [6, 6.07) is 18.1. The maximum absolute atomic E-state index is 14.0. The number of ether oxygens (including phenoxy) is 2. The van der Waals surface area contributed by atoms with Gasteiger partial charge in [0.25, 0.3) is 0 Å². The molecule has 0 saturated carbocycles. The number of hydrogen-bond acceptors (Lipinski definition) is 6. The molecule has 0 bridgehead atoms. The fraction of sp³-hybridized carbons (Fsp3) is 0.214. The van der Waals surface area contributed by atoms with E-state index in [4.69, 9.17) is 9.47 Å². The Morgan fingerprint density at radius 2 is 1.47 bits per heavy atom. The van der Waals surface area contributed by atoms with Gasteiger partial charge < -0.3 is 9.47 Å². The van der Waals surface area contributed by atoms with E-state index < -0.39 is 52.7 Å². The lowest BCUT2D eigenvalue weighted by atomic mass is 9.77. The van der Waals surface area contributed by atoms with Gasteiger partial charge in [-0.15, -0.1) is 0 Å². The number of carbonyl (C=O) groups excluding carboxylic acids is 4. The zero-order valence-electron chi connectivity index (χ0n) is 19.1. The standard InChI is InChI=1S/C28H20FNO6/c1-2-35-20-10-6-5-9-19(20)30-26(33)21-22(27(30)34)28(36-23(21)15-11-13-16(29)14-12-15)24(31)17-7-3-4-8-18(17)25(28)32/h3-14,21-23H,2H2,1H3/t21-,22+,23+/m0/s1. The van der Waals surface area contributed by atoms with E-state index in [1.807, 2.05) is 0 Å². The lowest BCUT2D eigenvalue weighted by Gasteiger charge is -2.27. The fourth-order valence-corrected chi connectivity index (χ4v) is 5.63. The number of anilines is 1. The Kier molecular flexibility index (Phi) is 4.91. The number of carbonyl (C=O) groups is 4. The van der Waals surface area contributed by atoms with E-state index >= 15 is 0 Å². The van der Waals surface area contributed by atoms with Crippen molar-refractivity contribution in [3.05, 3.63) is 95.3 Å². The first-order valence-electron chi connectivity index (χ1n) is 11.6. The van der Waals surface area contributed by atoms with Crippen molar-refractivity contribution < 1.29 is 33.0 Å². The number of hydrogen-bond donors (Lipinski definition) is 0. The molecule has 8 heteroatoms. The normalized spacial score (nSPS) is 23.9. The Balaban J connectivity index is 1.54. The molecule has 7 nitrogen and oxygen atoms in total. The lowest BCUT2D eigenvalue weighted by molar-refractivity contribution is -0.127. The number of halogens is 1. The van der Waals surface area contributed by atoms with Crippen LogP contribution >= 0.6 is 0 Å². The number of para-hydroxylation sites is 2. The third kappa shape index (κ3) is 2.82. The van der Waals surface area contributed by atoms with E-state index in [9.17, 15) is 23.6 Å². The average molecular weight is 485 g/mol. The molecule has 2 amide bonds. The smallest absolute Gasteiger partial charge is 0.241 e. The van der Waals surface area contributed by atoms with Crippen LogP contribution in [0.1, 0.15) is 39.3 Å². The first-order valence-corrected chi connectivity index (χ1v) is 11.6. The van der Waals surface area contributed by atoms with Crippen LogP contribution in [0.15, 0.2) is 72.8 Å². The van der Waals surface area contributed by atoms with Crippen LogP contribution in [0.25, 0.3) is 0 Å². The summed E-state index contributed by atoms with van der Waals surface area (Å²) in [7, 11) is 0. The van der Waals surface area contributed by atoms with Crippen LogP contribution in [-0.4, -0.2) is 35.6 Å². The average Bonchev–Trinajstić information content (AvgIpc) is 3.45. The molecule has 1 aliphatic carbocycles. The maximum atomic E-state index is 14.0. The summed E-state index contributed by atoms with van der Waals surface area (Å²) >= 11 is 0. The van der Waals surface area contributed by atoms with Gasteiger partial charge in [0, 0.05) is 11.1 Å². The molecular formula is C28H20FNO6. The molecule has 0 aromatic heterocycles. The molecule has 2 aliphatic heterocycles. The highest BCUT2D eigenvalue weighted by molar-refractivity contribution is 6.37. The Hall–Kier alpha value is -4.17. The number of Topliss-reactive ketones (excluding diaryl/α,β-unsaturated/α-hetero) is 2. The Bertz CT molecular complexity index is 1410. The number of ketones is 2. The number of benzene rings is 3. The summed E-state index contributed by atoms with van der Waals surface area (Å²) in [5.41, 5.74) is -1.27. The van der Waals surface area contributed by atoms with Gasteiger partial charge in [0.05, 0.1) is 30.2 Å². The third-order valence-corrected chi connectivity index (χ3v) is 7.12. The van der Waals surface area contributed by atoms with Crippen molar-refractivity contribution in [2.24, 2.45) is 11.8 Å². The van der Waals surface area contributed by atoms with E-state index in [0.29, 0.717) is 17.9 Å². The zero-order valence-corrected chi connectivity index (χ0v) is 19.1. The second kappa shape index (κ2) is 7.93. The zero-order chi connectivity index (χ0) is 25.2. The van der Waals surface area contributed by atoms with Gasteiger partial charge in [-0.05, 0) is 36.8 Å². The molecule has 1 spiro atoms. The van der Waals surface area contributed by atoms with E-state index in [1.54, 1.807) is 43.3 Å². The molecule has 3 aromatic carbocycles. The Morgan fingerprint density at radius 1 is 0.861 bits per heavy atom. The van der Waals surface area contributed by atoms with E-state index in [-0.39, 0.29) is 16.8 Å². The van der Waals surface area contributed by atoms with Crippen molar-refractivity contribution in [2.45, 2.75) is 18.6 Å². The lowest BCUT2D eigenvalue weighted by Crippen LogP contribution is -2.51. The van der Waals surface area contributed by atoms with Crippen LogP contribution in [0.2, 0.25) is 0 Å². The predicted octanol–water partition coefficient (Wildman–Crippen LogP) is 3.92. The molecule has 180 valence electrons. The summed E-state index contributed by atoms with van der Waals surface area (Å²) in [4.78, 5) is 56.4. The molecule has 0 radical (unpaired) electrons. The van der Waals surface area contributed by atoms with Crippen LogP contribution in [-0.2, 0) is 14.3 Å². The van der Waals surface area contributed by atoms with Gasteiger partial charge in [0.1, 0.15) is 11.6 Å². The van der Waals surface area contributed by atoms with Crippen LogP contribution in [0.3, 0.4) is 0 Å². The van der Waals surface area contributed by atoms with Gasteiger partial charge in [-0.25, -0.2) is 9.29 Å². The van der Waals surface area contributed by atoms with Gasteiger partial charge in [-0.3, -0.25) is 19.2 Å². The number of nitrogens with zero attached hydrogens (tertiary/aromatic N) is 1. The highest BCUT2D eigenvalue weighted by Crippen LogP contribution is 2.58. The molecule has 2 saturated heterocycles. The molecule has 2 heterocycles. The van der Waals surface area contributed by atoms with E-state index in [1.165, 1.54) is 36.4 Å². The summed E-state index contributed by atoms with van der Waals surface area (Å²) in [6.07, 6.45) is -1.11. The van der Waals surface area contributed by atoms with Crippen molar-refractivity contribution in [1.29, 1.82) is 0 Å². The molecule has 36 heavy (non-hydrogen) atoms. The largest absolute Gasteiger partial charge is 0.492 e. The van der Waals surface area contributed by atoms with E-state index in [0.717, 1.165) is 4.90 Å². The van der Waals surface area contributed by atoms with Crippen LogP contribution in [0.4, 0.5) is 10.1 Å². The Morgan fingerprint density at radius 3 is 2.11 bits per heavy atom. The van der Waals surface area contributed by atoms with Crippen LogP contribution in [0, 0.1) is 17.7 Å². The molecule has 0 unspecified atom stereocenters. The summed E-state index contributed by atoms with van der Waals surface area (Å²) in [5, 5.41) is 0. The third-order valence-electron chi connectivity index (χ3n) is 7.12. The van der Waals surface area contributed by atoms with Gasteiger partial charge >= 0.3 is 0 Å².